The number of sulfonamides is 1. The van der Waals surface area contributed by atoms with Crippen LogP contribution in [-0.2, 0) is 14.8 Å². The molecule has 1 saturated carbocycles. The van der Waals surface area contributed by atoms with E-state index in [-0.39, 0.29) is 22.8 Å². The van der Waals surface area contributed by atoms with Crippen LogP contribution in [0.4, 0.5) is 11.4 Å². The Balaban J connectivity index is 1.75. The minimum Gasteiger partial charge on any atom is -0.349 e. The predicted octanol–water partition coefficient (Wildman–Crippen LogP) is 2.34. The second kappa shape index (κ2) is 7.17. The average Bonchev–Trinajstić information content (AvgIpc) is 3.40. The first-order valence-corrected chi connectivity index (χ1v) is 9.63. The molecule has 1 aliphatic carbocycles. The number of hydrogen-bond acceptors (Lipinski definition) is 4. The molecule has 0 bridgehead atoms. The van der Waals surface area contributed by atoms with E-state index >= 15 is 0 Å². The van der Waals surface area contributed by atoms with Gasteiger partial charge in [-0.1, -0.05) is 6.07 Å². The molecule has 0 aromatic heterocycles. The van der Waals surface area contributed by atoms with Crippen LogP contribution in [0.1, 0.15) is 30.1 Å². The minimum atomic E-state index is -3.84. The Kier molecular flexibility index (Phi) is 4.94. The standard InChI is InChI=1S/C18H19N3O4S/c1-12(22)19-14-7-9-16(10-8-14)21-26(24,25)17-4-2-3-13(11-17)18(23)20-15-5-6-15/h2-4,7-11,15,21H,5-6H2,1H3,(H,19,22)(H,20,23). The number of nitrogens with one attached hydrogen (secondary N) is 3. The second-order valence-corrected chi connectivity index (χ2v) is 7.82. The van der Waals surface area contributed by atoms with Gasteiger partial charge in [-0.2, -0.15) is 0 Å². The summed E-state index contributed by atoms with van der Waals surface area (Å²) in [4.78, 5) is 23.1. The fraction of sp³-hybridized carbons (Fsp3) is 0.222. The lowest BCUT2D eigenvalue weighted by molar-refractivity contribution is -0.114. The maximum atomic E-state index is 12.6. The summed E-state index contributed by atoms with van der Waals surface area (Å²) in [6.07, 6.45) is 1.92. The molecule has 0 saturated heterocycles. The van der Waals surface area contributed by atoms with Crippen molar-refractivity contribution in [2.75, 3.05) is 10.0 Å². The van der Waals surface area contributed by atoms with Gasteiger partial charge in [-0.05, 0) is 55.3 Å². The molecular formula is C18H19N3O4S. The SMILES string of the molecule is CC(=O)Nc1ccc(NS(=O)(=O)c2cccc(C(=O)NC3CC3)c2)cc1. The molecule has 2 aromatic rings. The van der Waals surface area contributed by atoms with Gasteiger partial charge in [0.1, 0.15) is 0 Å². The highest BCUT2D eigenvalue weighted by atomic mass is 32.2. The molecule has 3 rings (SSSR count). The maximum absolute atomic E-state index is 12.6. The first-order chi connectivity index (χ1) is 12.3. The highest BCUT2D eigenvalue weighted by molar-refractivity contribution is 7.92. The summed E-state index contributed by atoms with van der Waals surface area (Å²) in [7, 11) is -3.84. The molecule has 8 heteroatoms. The number of carbonyl (C=O) groups is 2. The number of rotatable bonds is 6. The van der Waals surface area contributed by atoms with Gasteiger partial charge < -0.3 is 10.6 Å². The van der Waals surface area contributed by atoms with Gasteiger partial charge in [0, 0.05) is 29.9 Å². The summed E-state index contributed by atoms with van der Waals surface area (Å²) in [5, 5.41) is 5.44. The highest BCUT2D eigenvalue weighted by Gasteiger charge is 2.24. The van der Waals surface area contributed by atoms with E-state index in [1.54, 1.807) is 30.3 Å². The van der Waals surface area contributed by atoms with Crippen molar-refractivity contribution in [3.8, 4) is 0 Å². The van der Waals surface area contributed by atoms with E-state index in [2.05, 4.69) is 15.4 Å². The van der Waals surface area contributed by atoms with Crippen molar-refractivity contribution in [2.45, 2.75) is 30.7 Å². The van der Waals surface area contributed by atoms with Gasteiger partial charge in [-0.25, -0.2) is 8.42 Å². The molecule has 2 amide bonds. The molecule has 0 heterocycles. The summed E-state index contributed by atoms with van der Waals surface area (Å²) in [5.74, 6) is -0.483. The van der Waals surface area contributed by atoms with Crippen LogP contribution >= 0.6 is 0 Å². The van der Waals surface area contributed by atoms with Crippen molar-refractivity contribution in [1.82, 2.24) is 5.32 Å². The number of anilines is 2. The number of hydrogen-bond donors (Lipinski definition) is 3. The third-order valence-electron chi connectivity index (χ3n) is 3.78. The van der Waals surface area contributed by atoms with E-state index in [4.69, 9.17) is 0 Å². The molecule has 0 aliphatic heterocycles. The molecule has 7 nitrogen and oxygen atoms in total. The van der Waals surface area contributed by atoms with E-state index < -0.39 is 10.0 Å². The lowest BCUT2D eigenvalue weighted by Crippen LogP contribution is -2.25. The van der Waals surface area contributed by atoms with Gasteiger partial charge in [0.2, 0.25) is 5.91 Å². The minimum absolute atomic E-state index is 0.00637. The Morgan fingerprint density at radius 1 is 1.00 bits per heavy atom. The van der Waals surface area contributed by atoms with Gasteiger partial charge in [-0.3, -0.25) is 14.3 Å². The van der Waals surface area contributed by atoms with Crippen molar-refractivity contribution in [3.63, 3.8) is 0 Å². The van der Waals surface area contributed by atoms with Crippen LogP contribution < -0.4 is 15.4 Å². The van der Waals surface area contributed by atoms with Crippen molar-refractivity contribution in [1.29, 1.82) is 0 Å². The number of benzene rings is 2. The zero-order valence-electron chi connectivity index (χ0n) is 14.2. The summed E-state index contributed by atoms with van der Waals surface area (Å²) >= 11 is 0. The average molecular weight is 373 g/mol. The first-order valence-electron chi connectivity index (χ1n) is 8.15. The Bertz CT molecular complexity index is 935. The largest absolute Gasteiger partial charge is 0.349 e. The summed E-state index contributed by atoms with van der Waals surface area (Å²) < 4.78 is 27.6. The Morgan fingerprint density at radius 3 is 2.27 bits per heavy atom. The molecule has 26 heavy (non-hydrogen) atoms. The summed E-state index contributed by atoms with van der Waals surface area (Å²) in [5.41, 5.74) is 1.23. The smallest absolute Gasteiger partial charge is 0.261 e. The van der Waals surface area contributed by atoms with E-state index in [9.17, 15) is 18.0 Å². The fourth-order valence-electron chi connectivity index (χ4n) is 2.34. The van der Waals surface area contributed by atoms with Crippen LogP contribution in [0, 0.1) is 0 Å². The Hall–Kier alpha value is -2.87. The normalized spacial score (nSPS) is 13.7. The third kappa shape index (κ3) is 4.60. The molecular weight excluding hydrogens is 354 g/mol. The summed E-state index contributed by atoms with van der Waals surface area (Å²) in [6, 6.07) is 12.4. The molecule has 1 fully saturated rings. The highest BCUT2D eigenvalue weighted by Crippen LogP contribution is 2.21. The van der Waals surface area contributed by atoms with Crippen molar-refractivity contribution < 1.29 is 18.0 Å². The van der Waals surface area contributed by atoms with E-state index in [1.165, 1.54) is 25.1 Å². The lowest BCUT2D eigenvalue weighted by Gasteiger charge is -2.10. The van der Waals surface area contributed by atoms with Gasteiger partial charge in [0.25, 0.3) is 15.9 Å². The maximum Gasteiger partial charge on any atom is 0.261 e. The van der Waals surface area contributed by atoms with Crippen LogP contribution in [0.3, 0.4) is 0 Å². The lowest BCUT2D eigenvalue weighted by atomic mass is 10.2. The number of amides is 2. The van der Waals surface area contributed by atoms with E-state index in [0.29, 0.717) is 16.9 Å². The molecule has 136 valence electrons. The molecule has 0 radical (unpaired) electrons. The van der Waals surface area contributed by atoms with Crippen molar-refractivity contribution in [3.05, 3.63) is 54.1 Å². The summed E-state index contributed by atoms with van der Waals surface area (Å²) in [6.45, 7) is 1.39. The monoisotopic (exact) mass is 373 g/mol. The van der Waals surface area contributed by atoms with Crippen LogP contribution in [0.15, 0.2) is 53.4 Å². The van der Waals surface area contributed by atoms with Gasteiger partial charge in [0.05, 0.1) is 4.90 Å². The first kappa shape index (κ1) is 17.9. The van der Waals surface area contributed by atoms with Crippen LogP contribution in [-0.4, -0.2) is 26.3 Å². The van der Waals surface area contributed by atoms with Crippen molar-refractivity contribution >= 4 is 33.2 Å². The molecule has 0 spiro atoms. The third-order valence-corrected chi connectivity index (χ3v) is 5.16. The van der Waals surface area contributed by atoms with Gasteiger partial charge in [0.15, 0.2) is 0 Å². The molecule has 1 aliphatic rings. The zero-order chi connectivity index (χ0) is 18.7. The van der Waals surface area contributed by atoms with Gasteiger partial charge in [-0.15, -0.1) is 0 Å². The zero-order valence-corrected chi connectivity index (χ0v) is 15.0. The fourth-order valence-corrected chi connectivity index (χ4v) is 3.44. The second-order valence-electron chi connectivity index (χ2n) is 6.14. The number of carbonyl (C=O) groups excluding carboxylic acids is 2. The van der Waals surface area contributed by atoms with Crippen LogP contribution in [0.25, 0.3) is 0 Å². The molecule has 0 unspecified atom stereocenters. The van der Waals surface area contributed by atoms with Crippen molar-refractivity contribution in [2.24, 2.45) is 0 Å². The quantitative estimate of drug-likeness (QED) is 0.723. The topological polar surface area (TPSA) is 104 Å². The molecule has 3 N–H and O–H groups in total. The molecule has 0 atom stereocenters. The van der Waals surface area contributed by atoms with Crippen LogP contribution in [0.5, 0.6) is 0 Å². The van der Waals surface area contributed by atoms with E-state index in [0.717, 1.165) is 12.8 Å². The van der Waals surface area contributed by atoms with Gasteiger partial charge >= 0.3 is 0 Å². The van der Waals surface area contributed by atoms with E-state index in [1.807, 2.05) is 0 Å². The predicted molar refractivity (Wildman–Crippen MR) is 98.5 cm³/mol. The molecule has 2 aromatic carbocycles. The Morgan fingerprint density at radius 2 is 1.65 bits per heavy atom. The van der Waals surface area contributed by atoms with Crippen LogP contribution in [0.2, 0.25) is 0 Å². The Labute approximate surface area is 151 Å².